The molecule has 0 saturated heterocycles. The van der Waals surface area contributed by atoms with Crippen molar-refractivity contribution in [2.75, 3.05) is 17.4 Å². The Morgan fingerprint density at radius 3 is 2.42 bits per heavy atom. The van der Waals surface area contributed by atoms with Gasteiger partial charge in [-0.1, -0.05) is 48.5 Å². The molecule has 0 unspecified atom stereocenters. The lowest BCUT2D eigenvalue weighted by Crippen LogP contribution is -2.32. The molecule has 3 aromatic carbocycles. The third-order valence-corrected chi connectivity index (χ3v) is 6.00. The van der Waals surface area contributed by atoms with Gasteiger partial charge in [0, 0.05) is 6.54 Å². The van der Waals surface area contributed by atoms with Crippen molar-refractivity contribution < 1.29 is 22.7 Å². The number of carbonyl (C=O) groups excluding carboxylic acids is 1. The Balaban J connectivity index is 1.56. The van der Waals surface area contributed by atoms with E-state index in [1.54, 1.807) is 30.3 Å². The van der Waals surface area contributed by atoms with Gasteiger partial charge in [-0.25, -0.2) is 8.42 Å². The fraction of sp³-hybridized carbons (Fsp3) is 0.174. The van der Waals surface area contributed by atoms with Crippen molar-refractivity contribution in [3.8, 4) is 11.5 Å². The van der Waals surface area contributed by atoms with Gasteiger partial charge < -0.3 is 14.8 Å². The number of fused-ring (bicyclic) bond motifs is 1. The van der Waals surface area contributed by atoms with Gasteiger partial charge in [0.1, 0.15) is 0 Å². The van der Waals surface area contributed by atoms with Gasteiger partial charge in [-0.05, 0) is 35.4 Å². The highest BCUT2D eigenvalue weighted by molar-refractivity contribution is 7.92. The number of benzene rings is 3. The molecule has 31 heavy (non-hydrogen) atoms. The number of carbonyl (C=O) groups is 1. The minimum atomic E-state index is -3.62. The number of hydrogen-bond donors (Lipinski definition) is 1. The van der Waals surface area contributed by atoms with Crippen LogP contribution in [0.5, 0.6) is 11.5 Å². The number of nitrogens with zero attached hydrogens (tertiary/aromatic N) is 1. The van der Waals surface area contributed by atoms with Crippen molar-refractivity contribution in [1.29, 1.82) is 0 Å². The van der Waals surface area contributed by atoms with E-state index in [0.29, 0.717) is 17.2 Å². The van der Waals surface area contributed by atoms with Crippen molar-refractivity contribution >= 4 is 21.6 Å². The first-order valence-electron chi connectivity index (χ1n) is 9.69. The monoisotopic (exact) mass is 438 g/mol. The number of anilines is 1. The van der Waals surface area contributed by atoms with Crippen LogP contribution >= 0.6 is 0 Å². The van der Waals surface area contributed by atoms with E-state index < -0.39 is 10.0 Å². The number of hydrogen-bond acceptors (Lipinski definition) is 5. The van der Waals surface area contributed by atoms with Crippen LogP contribution in [0.2, 0.25) is 0 Å². The molecule has 1 heterocycles. The third-order valence-electron chi connectivity index (χ3n) is 4.88. The molecule has 1 aliphatic rings. The molecule has 1 N–H and O–H groups in total. The molecule has 8 heteroatoms. The predicted molar refractivity (Wildman–Crippen MR) is 118 cm³/mol. The molecule has 0 aromatic heterocycles. The SMILES string of the molecule is CS(=O)(=O)N(Cc1ccccc1)c1ccccc1C(=O)NCc1ccc2c(c1)OCO2. The molecule has 1 amide bonds. The standard InChI is InChI=1S/C23H22N2O5S/c1-31(27,28)25(15-17-7-3-2-4-8-17)20-10-6-5-9-19(20)23(26)24-14-18-11-12-21-22(13-18)30-16-29-21/h2-13H,14-16H2,1H3,(H,24,26). The molecule has 160 valence electrons. The summed E-state index contributed by atoms with van der Waals surface area (Å²) < 4.78 is 37.0. The average Bonchev–Trinajstić information content (AvgIpc) is 3.24. The minimum absolute atomic E-state index is 0.131. The Hall–Kier alpha value is -3.52. The van der Waals surface area contributed by atoms with E-state index >= 15 is 0 Å². The zero-order valence-corrected chi connectivity index (χ0v) is 17.8. The van der Waals surface area contributed by atoms with Crippen LogP contribution in [0.3, 0.4) is 0 Å². The zero-order chi connectivity index (χ0) is 21.8. The fourth-order valence-corrected chi connectivity index (χ4v) is 4.24. The summed E-state index contributed by atoms with van der Waals surface area (Å²) in [6.45, 7) is 0.578. The number of nitrogens with one attached hydrogen (secondary N) is 1. The van der Waals surface area contributed by atoms with Crippen LogP contribution in [-0.4, -0.2) is 27.4 Å². The molecule has 0 radical (unpaired) electrons. The molecular weight excluding hydrogens is 416 g/mol. The molecular formula is C23H22N2O5S. The Labute approximate surface area is 181 Å². The van der Waals surface area contributed by atoms with Crippen LogP contribution in [0, 0.1) is 0 Å². The summed E-state index contributed by atoms with van der Waals surface area (Å²) in [4.78, 5) is 13.0. The van der Waals surface area contributed by atoms with Crippen molar-refractivity contribution in [1.82, 2.24) is 5.32 Å². The smallest absolute Gasteiger partial charge is 0.253 e. The largest absolute Gasteiger partial charge is 0.454 e. The Morgan fingerprint density at radius 2 is 1.65 bits per heavy atom. The fourth-order valence-electron chi connectivity index (χ4n) is 3.34. The average molecular weight is 439 g/mol. The first-order valence-corrected chi connectivity index (χ1v) is 11.5. The van der Waals surface area contributed by atoms with E-state index in [9.17, 15) is 13.2 Å². The van der Waals surface area contributed by atoms with Gasteiger partial charge in [0.05, 0.1) is 24.1 Å². The highest BCUT2D eigenvalue weighted by Crippen LogP contribution is 2.32. The van der Waals surface area contributed by atoms with Crippen molar-refractivity contribution in [3.63, 3.8) is 0 Å². The third kappa shape index (κ3) is 4.80. The summed E-state index contributed by atoms with van der Waals surface area (Å²) in [7, 11) is -3.62. The lowest BCUT2D eigenvalue weighted by Gasteiger charge is -2.24. The maximum atomic E-state index is 13.0. The van der Waals surface area contributed by atoms with Crippen LogP contribution < -0.4 is 19.1 Å². The second-order valence-corrected chi connectivity index (χ2v) is 9.05. The van der Waals surface area contributed by atoms with Crippen LogP contribution in [0.25, 0.3) is 0 Å². The molecule has 7 nitrogen and oxygen atoms in total. The van der Waals surface area contributed by atoms with Crippen LogP contribution in [0.4, 0.5) is 5.69 Å². The molecule has 0 saturated carbocycles. The minimum Gasteiger partial charge on any atom is -0.454 e. The first kappa shape index (κ1) is 20.7. The van der Waals surface area contributed by atoms with Crippen LogP contribution in [0.1, 0.15) is 21.5 Å². The Bertz CT molecular complexity index is 1200. The summed E-state index contributed by atoms with van der Waals surface area (Å²) >= 11 is 0. The molecule has 4 rings (SSSR count). The van der Waals surface area contributed by atoms with Gasteiger partial charge in [0.2, 0.25) is 16.8 Å². The van der Waals surface area contributed by atoms with E-state index in [2.05, 4.69) is 5.32 Å². The molecule has 1 aliphatic heterocycles. The van der Waals surface area contributed by atoms with E-state index in [1.807, 2.05) is 42.5 Å². The maximum absolute atomic E-state index is 13.0. The summed E-state index contributed by atoms with van der Waals surface area (Å²) in [6, 6.07) is 21.4. The maximum Gasteiger partial charge on any atom is 0.253 e. The van der Waals surface area contributed by atoms with Crippen LogP contribution in [-0.2, 0) is 23.1 Å². The number of amides is 1. The number of sulfonamides is 1. The van der Waals surface area contributed by atoms with E-state index in [-0.39, 0.29) is 31.4 Å². The van der Waals surface area contributed by atoms with Gasteiger partial charge in [-0.2, -0.15) is 0 Å². The molecule has 0 aliphatic carbocycles. The normalized spacial score (nSPS) is 12.4. The van der Waals surface area contributed by atoms with E-state index in [4.69, 9.17) is 9.47 Å². The van der Waals surface area contributed by atoms with Crippen molar-refractivity contribution in [2.45, 2.75) is 13.1 Å². The number of rotatable bonds is 7. The summed E-state index contributed by atoms with van der Waals surface area (Å²) in [5.41, 5.74) is 2.28. The van der Waals surface area contributed by atoms with Gasteiger partial charge in [-0.3, -0.25) is 9.10 Å². The summed E-state index contributed by atoms with van der Waals surface area (Å²) in [5, 5.41) is 2.86. The molecule has 0 bridgehead atoms. The zero-order valence-electron chi connectivity index (χ0n) is 16.9. The summed E-state index contributed by atoms with van der Waals surface area (Å²) in [5.74, 6) is 0.943. The van der Waals surface area contributed by atoms with E-state index in [0.717, 1.165) is 17.4 Å². The van der Waals surface area contributed by atoms with Gasteiger partial charge >= 0.3 is 0 Å². The Kier molecular flexibility index (Phi) is 5.81. The van der Waals surface area contributed by atoms with Crippen LogP contribution in [0.15, 0.2) is 72.8 Å². The highest BCUT2D eigenvalue weighted by Gasteiger charge is 2.23. The summed E-state index contributed by atoms with van der Waals surface area (Å²) in [6.07, 6.45) is 1.14. The molecule has 0 fully saturated rings. The molecule has 0 atom stereocenters. The predicted octanol–water partition coefficient (Wildman–Crippen LogP) is 3.31. The van der Waals surface area contributed by atoms with Gasteiger partial charge in [0.15, 0.2) is 11.5 Å². The first-order chi connectivity index (χ1) is 14.9. The lowest BCUT2D eigenvalue weighted by atomic mass is 10.1. The number of ether oxygens (including phenoxy) is 2. The van der Waals surface area contributed by atoms with Gasteiger partial charge in [-0.15, -0.1) is 0 Å². The highest BCUT2D eigenvalue weighted by atomic mass is 32.2. The quantitative estimate of drug-likeness (QED) is 0.612. The molecule has 0 spiro atoms. The lowest BCUT2D eigenvalue weighted by molar-refractivity contribution is 0.0951. The number of para-hydroxylation sites is 1. The second-order valence-electron chi connectivity index (χ2n) is 7.14. The Morgan fingerprint density at radius 1 is 0.935 bits per heavy atom. The van der Waals surface area contributed by atoms with Gasteiger partial charge in [0.25, 0.3) is 5.91 Å². The topological polar surface area (TPSA) is 84.9 Å². The van der Waals surface area contributed by atoms with Crippen molar-refractivity contribution in [3.05, 3.63) is 89.5 Å². The molecule has 3 aromatic rings. The van der Waals surface area contributed by atoms with Crippen molar-refractivity contribution in [2.24, 2.45) is 0 Å². The second kappa shape index (κ2) is 8.69. The van der Waals surface area contributed by atoms with E-state index in [1.165, 1.54) is 4.31 Å².